The van der Waals surface area contributed by atoms with Crippen molar-refractivity contribution in [2.75, 3.05) is 6.54 Å². The van der Waals surface area contributed by atoms with Gasteiger partial charge in [-0.2, -0.15) is 0 Å². The van der Waals surface area contributed by atoms with E-state index in [1.54, 1.807) is 0 Å². The molecule has 0 spiro atoms. The van der Waals surface area contributed by atoms with Gasteiger partial charge in [0.2, 0.25) is 0 Å². The van der Waals surface area contributed by atoms with Gasteiger partial charge in [-0.15, -0.1) is 0 Å². The maximum Gasteiger partial charge on any atom is 0.0568 e. The third-order valence-electron chi connectivity index (χ3n) is 2.82. The maximum absolute atomic E-state index is 9.96. The molecular weight excluding hydrogens is 174 g/mol. The molecule has 2 heteroatoms. The second-order valence-electron chi connectivity index (χ2n) is 4.19. The molecule has 0 aliphatic rings. The van der Waals surface area contributed by atoms with Crippen LogP contribution in [-0.4, -0.2) is 17.8 Å². The molecule has 14 heavy (non-hydrogen) atoms. The summed E-state index contributed by atoms with van der Waals surface area (Å²) in [7, 11) is 0. The molecule has 0 rings (SSSR count). The molecule has 0 radical (unpaired) electrons. The number of nitrogens with two attached hydrogens (primary N) is 1. The van der Waals surface area contributed by atoms with Gasteiger partial charge >= 0.3 is 0 Å². The lowest BCUT2D eigenvalue weighted by molar-refractivity contribution is 0.0856. The van der Waals surface area contributed by atoms with Gasteiger partial charge in [-0.1, -0.05) is 26.7 Å². The van der Waals surface area contributed by atoms with Gasteiger partial charge in [0.1, 0.15) is 0 Å². The van der Waals surface area contributed by atoms with E-state index >= 15 is 0 Å². The molecule has 3 N–H and O–H groups in total. The molecule has 0 aliphatic heterocycles. The van der Waals surface area contributed by atoms with Crippen LogP contribution in [0.4, 0.5) is 0 Å². The van der Waals surface area contributed by atoms with Gasteiger partial charge in [0, 0.05) is 0 Å². The van der Waals surface area contributed by atoms with Crippen molar-refractivity contribution in [1.29, 1.82) is 0 Å². The summed E-state index contributed by atoms with van der Waals surface area (Å²) in [6, 6.07) is 0. The van der Waals surface area contributed by atoms with Crippen molar-refractivity contribution in [2.24, 2.45) is 11.7 Å². The quantitative estimate of drug-likeness (QED) is 0.563. The molecule has 0 aromatic rings. The molecule has 0 saturated carbocycles. The standard InChI is InChI=1S/C12H27NO/c1-3-7-11(8-4-2)12(14)9-5-6-10-13/h11-12,14H,3-10,13H2,1-2H3. The number of aliphatic hydroxyl groups is 1. The second kappa shape index (κ2) is 9.47. The van der Waals surface area contributed by atoms with Crippen molar-refractivity contribution in [3.8, 4) is 0 Å². The molecule has 0 heterocycles. The molecule has 0 saturated heterocycles. The van der Waals surface area contributed by atoms with Crippen LogP contribution in [0.1, 0.15) is 58.8 Å². The Morgan fingerprint density at radius 1 is 1.00 bits per heavy atom. The molecule has 0 aromatic heterocycles. The van der Waals surface area contributed by atoms with Gasteiger partial charge in [-0.05, 0) is 44.6 Å². The number of unbranched alkanes of at least 4 members (excludes halogenated alkanes) is 1. The summed E-state index contributed by atoms with van der Waals surface area (Å²) in [6.07, 6.45) is 7.64. The van der Waals surface area contributed by atoms with E-state index in [0.29, 0.717) is 5.92 Å². The normalized spacial score (nSPS) is 13.5. The minimum absolute atomic E-state index is 0.0959. The van der Waals surface area contributed by atoms with Crippen LogP contribution in [0, 0.1) is 5.92 Å². The minimum Gasteiger partial charge on any atom is -0.393 e. The highest BCUT2D eigenvalue weighted by Crippen LogP contribution is 2.21. The third kappa shape index (κ3) is 6.39. The Hall–Kier alpha value is -0.0800. The van der Waals surface area contributed by atoms with Crippen LogP contribution in [0.5, 0.6) is 0 Å². The van der Waals surface area contributed by atoms with Crippen LogP contribution in [0.15, 0.2) is 0 Å². The van der Waals surface area contributed by atoms with Crippen molar-refractivity contribution in [3.05, 3.63) is 0 Å². The smallest absolute Gasteiger partial charge is 0.0568 e. The Morgan fingerprint density at radius 2 is 1.57 bits per heavy atom. The highest BCUT2D eigenvalue weighted by atomic mass is 16.3. The summed E-state index contributed by atoms with van der Waals surface area (Å²) >= 11 is 0. The van der Waals surface area contributed by atoms with E-state index in [2.05, 4.69) is 13.8 Å². The fourth-order valence-corrected chi connectivity index (χ4v) is 2.00. The molecule has 0 bridgehead atoms. The van der Waals surface area contributed by atoms with E-state index in [1.165, 1.54) is 12.8 Å². The van der Waals surface area contributed by atoms with Gasteiger partial charge in [-0.3, -0.25) is 0 Å². The molecule has 0 fully saturated rings. The van der Waals surface area contributed by atoms with Crippen LogP contribution in [0.2, 0.25) is 0 Å². The monoisotopic (exact) mass is 201 g/mol. The zero-order chi connectivity index (χ0) is 10.8. The van der Waals surface area contributed by atoms with Gasteiger partial charge in [0.15, 0.2) is 0 Å². The summed E-state index contributed by atoms with van der Waals surface area (Å²) < 4.78 is 0. The number of rotatable bonds is 9. The predicted octanol–water partition coefficient (Wildman–Crippen LogP) is 2.69. The molecule has 1 unspecified atom stereocenters. The second-order valence-corrected chi connectivity index (χ2v) is 4.19. The summed E-state index contributed by atoms with van der Waals surface area (Å²) in [5.41, 5.74) is 5.43. The largest absolute Gasteiger partial charge is 0.393 e. The van der Waals surface area contributed by atoms with Gasteiger partial charge < -0.3 is 10.8 Å². The van der Waals surface area contributed by atoms with Gasteiger partial charge in [0.05, 0.1) is 6.10 Å². The third-order valence-corrected chi connectivity index (χ3v) is 2.82. The lowest BCUT2D eigenvalue weighted by Crippen LogP contribution is -2.20. The minimum atomic E-state index is -0.0959. The number of hydrogen-bond donors (Lipinski definition) is 2. The van der Waals surface area contributed by atoms with Crippen LogP contribution in [0.25, 0.3) is 0 Å². The first-order valence-corrected chi connectivity index (χ1v) is 6.14. The highest BCUT2D eigenvalue weighted by Gasteiger charge is 2.16. The fourth-order valence-electron chi connectivity index (χ4n) is 2.00. The van der Waals surface area contributed by atoms with Crippen LogP contribution < -0.4 is 5.73 Å². The molecule has 2 nitrogen and oxygen atoms in total. The SMILES string of the molecule is CCCC(CCC)C(O)CCCCN. The van der Waals surface area contributed by atoms with E-state index in [1.807, 2.05) is 0 Å². The average Bonchev–Trinajstić information content (AvgIpc) is 2.18. The Bertz CT molecular complexity index is 111. The van der Waals surface area contributed by atoms with Crippen molar-refractivity contribution < 1.29 is 5.11 Å². The number of hydrogen-bond acceptors (Lipinski definition) is 2. The summed E-state index contributed by atoms with van der Waals surface area (Å²) in [5, 5.41) is 9.96. The topological polar surface area (TPSA) is 46.2 Å². The van der Waals surface area contributed by atoms with Crippen molar-refractivity contribution in [2.45, 2.75) is 64.9 Å². The Balaban J connectivity index is 3.69. The zero-order valence-electron chi connectivity index (χ0n) is 9.84. The van der Waals surface area contributed by atoms with Crippen LogP contribution >= 0.6 is 0 Å². The maximum atomic E-state index is 9.96. The van der Waals surface area contributed by atoms with E-state index in [9.17, 15) is 5.11 Å². The molecule has 86 valence electrons. The van der Waals surface area contributed by atoms with E-state index in [0.717, 1.165) is 38.6 Å². The van der Waals surface area contributed by atoms with E-state index in [4.69, 9.17) is 5.73 Å². The van der Waals surface area contributed by atoms with Crippen molar-refractivity contribution in [1.82, 2.24) is 0 Å². The molecular formula is C12H27NO. The lowest BCUT2D eigenvalue weighted by atomic mass is 9.89. The Labute approximate surface area is 88.9 Å². The molecule has 0 aliphatic carbocycles. The molecule has 0 amide bonds. The van der Waals surface area contributed by atoms with Crippen LogP contribution in [-0.2, 0) is 0 Å². The summed E-state index contributed by atoms with van der Waals surface area (Å²) in [5.74, 6) is 0.516. The van der Waals surface area contributed by atoms with Gasteiger partial charge in [0.25, 0.3) is 0 Å². The summed E-state index contributed by atoms with van der Waals surface area (Å²) in [4.78, 5) is 0. The van der Waals surface area contributed by atoms with Gasteiger partial charge in [-0.25, -0.2) is 0 Å². The lowest BCUT2D eigenvalue weighted by Gasteiger charge is -2.21. The Morgan fingerprint density at radius 3 is 2.00 bits per heavy atom. The van der Waals surface area contributed by atoms with E-state index in [-0.39, 0.29) is 6.10 Å². The molecule has 1 atom stereocenters. The van der Waals surface area contributed by atoms with Crippen molar-refractivity contribution >= 4 is 0 Å². The first-order chi connectivity index (χ1) is 6.76. The molecule has 0 aromatic carbocycles. The predicted molar refractivity (Wildman–Crippen MR) is 62.2 cm³/mol. The first kappa shape index (κ1) is 13.9. The number of aliphatic hydroxyl groups excluding tert-OH is 1. The highest BCUT2D eigenvalue weighted by molar-refractivity contribution is 4.68. The average molecular weight is 201 g/mol. The van der Waals surface area contributed by atoms with E-state index < -0.39 is 0 Å². The fraction of sp³-hybridized carbons (Fsp3) is 1.00. The van der Waals surface area contributed by atoms with Crippen LogP contribution in [0.3, 0.4) is 0 Å². The first-order valence-electron chi connectivity index (χ1n) is 6.14. The zero-order valence-corrected chi connectivity index (χ0v) is 9.84. The van der Waals surface area contributed by atoms with Crippen molar-refractivity contribution in [3.63, 3.8) is 0 Å². The Kier molecular flexibility index (Phi) is 9.42. The summed E-state index contributed by atoms with van der Waals surface area (Å²) in [6.45, 7) is 5.13.